The van der Waals surface area contributed by atoms with E-state index in [9.17, 15) is 18.0 Å². The highest BCUT2D eigenvalue weighted by molar-refractivity contribution is 5.82. The van der Waals surface area contributed by atoms with E-state index in [4.69, 9.17) is 9.51 Å². The Labute approximate surface area is 165 Å². The fraction of sp³-hybridized carbons (Fsp3) is 0.579. The van der Waals surface area contributed by atoms with Crippen molar-refractivity contribution in [2.75, 3.05) is 31.1 Å². The number of carbonyl (C=O) groups excluding carboxylic acids is 1. The van der Waals surface area contributed by atoms with Crippen LogP contribution in [0.4, 0.5) is 19.1 Å². The van der Waals surface area contributed by atoms with Gasteiger partial charge in [0.25, 0.3) is 0 Å². The van der Waals surface area contributed by atoms with Gasteiger partial charge in [-0.15, -0.1) is 0 Å². The number of rotatable bonds is 3. The standard InChI is InChI=1S/C19H22F3N5O2/c1-12-10-15(29-25-12)14-11-23-18(27-6-2-3-7-27)24-16(14)13-4-8-26(9-5-13)17(28)19(20,21)22/h10-11,13H,2-9H2,1H3. The van der Waals surface area contributed by atoms with Gasteiger partial charge in [-0.1, -0.05) is 5.16 Å². The minimum absolute atomic E-state index is 0.0426. The van der Waals surface area contributed by atoms with Crippen LogP contribution in [-0.2, 0) is 4.79 Å². The molecule has 10 heteroatoms. The Morgan fingerprint density at radius 3 is 2.45 bits per heavy atom. The molecule has 156 valence electrons. The molecule has 0 bridgehead atoms. The van der Waals surface area contributed by atoms with E-state index in [1.807, 2.05) is 6.92 Å². The first-order chi connectivity index (χ1) is 13.8. The molecule has 0 spiro atoms. The van der Waals surface area contributed by atoms with Crippen LogP contribution < -0.4 is 4.90 Å². The number of nitrogens with zero attached hydrogens (tertiary/aromatic N) is 5. The first-order valence-electron chi connectivity index (χ1n) is 9.74. The van der Waals surface area contributed by atoms with E-state index in [0.717, 1.165) is 42.2 Å². The molecular formula is C19H22F3N5O2. The second kappa shape index (κ2) is 7.64. The second-order valence-corrected chi connectivity index (χ2v) is 7.56. The van der Waals surface area contributed by atoms with Gasteiger partial charge in [0, 0.05) is 44.4 Å². The molecule has 2 fully saturated rings. The molecule has 0 saturated carbocycles. The van der Waals surface area contributed by atoms with Crippen molar-refractivity contribution in [3.63, 3.8) is 0 Å². The maximum absolute atomic E-state index is 12.7. The molecule has 7 nitrogen and oxygen atoms in total. The number of aromatic nitrogens is 3. The average Bonchev–Trinajstić information content (AvgIpc) is 3.38. The Hall–Kier alpha value is -2.65. The third-order valence-electron chi connectivity index (χ3n) is 5.50. The van der Waals surface area contributed by atoms with Gasteiger partial charge < -0.3 is 14.3 Å². The molecule has 0 atom stereocenters. The number of aryl methyl sites for hydroxylation is 1. The molecular weight excluding hydrogens is 387 g/mol. The van der Waals surface area contributed by atoms with Gasteiger partial charge in [0.15, 0.2) is 5.76 Å². The lowest BCUT2D eigenvalue weighted by atomic mass is 9.90. The topological polar surface area (TPSA) is 75.4 Å². The number of likely N-dealkylation sites (tertiary alicyclic amines) is 1. The van der Waals surface area contributed by atoms with Gasteiger partial charge in [-0.3, -0.25) is 4.79 Å². The van der Waals surface area contributed by atoms with Crippen molar-refractivity contribution in [1.29, 1.82) is 0 Å². The minimum Gasteiger partial charge on any atom is -0.356 e. The molecule has 0 aromatic carbocycles. The number of carbonyl (C=O) groups is 1. The highest BCUT2D eigenvalue weighted by Crippen LogP contribution is 2.36. The summed E-state index contributed by atoms with van der Waals surface area (Å²) in [6.07, 6.45) is -0.160. The lowest BCUT2D eigenvalue weighted by molar-refractivity contribution is -0.186. The number of hydrogen-bond donors (Lipinski definition) is 0. The normalized spacial score (nSPS) is 18.5. The van der Waals surface area contributed by atoms with Gasteiger partial charge >= 0.3 is 12.1 Å². The van der Waals surface area contributed by atoms with Gasteiger partial charge in [-0.05, 0) is 32.6 Å². The van der Waals surface area contributed by atoms with E-state index in [0.29, 0.717) is 30.1 Å². The molecule has 0 aliphatic carbocycles. The molecule has 2 aromatic heterocycles. The van der Waals surface area contributed by atoms with E-state index in [1.165, 1.54) is 0 Å². The zero-order chi connectivity index (χ0) is 20.6. The highest BCUT2D eigenvalue weighted by Gasteiger charge is 2.43. The molecule has 2 saturated heterocycles. The number of hydrogen-bond acceptors (Lipinski definition) is 6. The van der Waals surface area contributed by atoms with E-state index >= 15 is 0 Å². The molecule has 4 heterocycles. The summed E-state index contributed by atoms with van der Waals surface area (Å²) < 4.78 is 43.6. The molecule has 2 aromatic rings. The summed E-state index contributed by atoms with van der Waals surface area (Å²) in [6.45, 7) is 3.67. The predicted octanol–water partition coefficient (Wildman–Crippen LogP) is 3.31. The average molecular weight is 409 g/mol. The van der Waals surface area contributed by atoms with Crippen molar-refractivity contribution < 1.29 is 22.5 Å². The molecule has 0 unspecified atom stereocenters. The van der Waals surface area contributed by atoms with E-state index in [-0.39, 0.29) is 19.0 Å². The maximum Gasteiger partial charge on any atom is 0.471 e. The first-order valence-corrected chi connectivity index (χ1v) is 9.74. The smallest absolute Gasteiger partial charge is 0.356 e. The molecule has 2 aliphatic rings. The summed E-state index contributed by atoms with van der Waals surface area (Å²) in [4.78, 5) is 23.8. The largest absolute Gasteiger partial charge is 0.471 e. The number of alkyl halides is 3. The first kappa shape index (κ1) is 19.7. The van der Waals surface area contributed by atoms with Crippen LogP contribution in [0.3, 0.4) is 0 Å². The molecule has 2 aliphatic heterocycles. The van der Waals surface area contributed by atoms with Crippen molar-refractivity contribution >= 4 is 11.9 Å². The summed E-state index contributed by atoms with van der Waals surface area (Å²) in [6, 6.07) is 1.79. The Morgan fingerprint density at radius 2 is 1.86 bits per heavy atom. The Morgan fingerprint density at radius 1 is 1.17 bits per heavy atom. The van der Waals surface area contributed by atoms with Gasteiger partial charge in [0.05, 0.1) is 17.0 Å². The van der Waals surface area contributed by atoms with Crippen LogP contribution in [-0.4, -0.2) is 58.3 Å². The third kappa shape index (κ3) is 4.06. The number of anilines is 1. The van der Waals surface area contributed by atoms with Crippen molar-refractivity contribution in [3.8, 4) is 11.3 Å². The van der Waals surface area contributed by atoms with E-state index < -0.39 is 12.1 Å². The van der Waals surface area contributed by atoms with Gasteiger partial charge in [0.2, 0.25) is 5.95 Å². The molecule has 0 radical (unpaired) electrons. The van der Waals surface area contributed by atoms with Crippen molar-refractivity contribution in [1.82, 2.24) is 20.0 Å². The minimum atomic E-state index is -4.84. The number of halogens is 3. The van der Waals surface area contributed by atoms with Crippen molar-refractivity contribution in [2.45, 2.75) is 44.7 Å². The summed E-state index contributed by atoms with van der Waals surface area (Å²) in [7, 11) is 0. The Kier molecular flexibility index (Phi) is 5.18. The lowest BCUT2D eigenvalue weighted by Gasteiger charge is -2.32. The second-order valence-electron chi connectivity index (χ2n) is 7.56. The van der Waals surface area contributed by atoms with E-state index in [1.54, 1.807) is 12.3 Å². The molecule has 4 rings (SSSR count). The number of piperidine rings is 1. The summed E-state index contributed by atoms with van der Waals surface area (Å²) in [5.74, 6) is -0.690. The predicted molar refractivity (Wildman–Crippen MR) is 98.3 cm³/mol. The van der Waals surface area contributed by atoms with Crippen LogP contribution in [0.1, 0.15) is 43.0 Å². The molecule has 0 N–H and O–H groups in total. The maximum atomic E-state index is 12.7. The van der Waals surface area contributed by atoms with Gasteiger partial charge in [-0.25, -0.2) is 9.97 Å². The quantitative estimate of drug-likeness (QED) is 0.774. The van der Waals surface area contributed by atoms with Gasteiger partial charge in [-0.2, -0.15) is 13.2 Å². The van der Waals surface area contributed by atoms with Crippen molar-refractivity contribution in [2.24, 2.45) is 0 Å². The fourth-order valence-corrected chi connectivity index (χ4v) is 3.98. The van der Waals surface area contributed by atoms with Crippen LogP contribution in [0.25, 0.3) is 11.3 Å². The fourth-order valence-electron chi connectivity index (χ4n) is 3.98. The monoisotopic (exact) mass is 409 g/mol. The summed E-state index contributed by atoms with van der Waals surface area (Å²) in [5.41, 5.74) is 2.17. The Bertz CT molecular complexity index is 884. The molecule has 29 heavy (non-hydrogen) atoms. The lowest BCUT2D eigenvalue weighted by Crippen LogP contribution is -2.45. The van der Waals surface area contributed by atoms with Crippen LogP contribution in [0.2, 0.25) is 0 Å². The SMILES string of the molecule is Cc1cc(-c2cnc(N3CCCC3)nc2C2CCN(C(=O)C(F)(F)F)CC2)on1. The third-order valence-corrected chi connectivity index (χ3v) is 5.50. The van der Waals surface area contributed by atoms with Crippen LogP contribution in [0.5, 0.6) is 0 Å². The Balaban J connectivity index is 1.61. The number of amides is 1. The van der Waals surface area contributed by atoms with Gasteiger partial charge in [0.1, 0.15) is 0 Å². The van der Waals surface area contributed by atoms with Crippen LogP contribution in [0, 0.1) is 6.92 Å². The van der Waals surface area contributed by atoms with Crippen LogP contribution >= 0.6 is 0 Å². The molecule has 1 amide bonds. The zero-order valence-electron chi connectivity index (χ0n) is 16.1. The summed E-state index contributed by atoms with van der Waals surface area (Å²) in [5, 5.41) is 3.92. The highest BCUT2D eigenvalue weighted by atomic mass is 19.4. The zero-order valence-corrected chi connectivity index (χ0v) is 16.1. The van der Waals surface area contributed by atoms with Crippen molar-refractivity contribution in [3.05, 3.63) is 23.7 Å². The van der Waals surface area contributed by atoms with Crippen LogP contribution in [0.15, 0.2) is 16.8 Å². The summed E-state index contributed by atoms with van der Waals surface area (Å²) >= 11 is 0. The van der Waals surface area contributed by atoms with E-state index in [2.05, 4.69) is 15.0 Å².